The van der Waals surface area contributed by atoms with Crippen LogP contribution in [-0.2, 0) is 0 Å². The van der Waals surface area contributed by atoms with Gasteiger partial charge in [-0.2, -0.15) is 0 Å². The first-order valence-corrected chi connectivity index (χ1v) is 8.60. The molecule has 0 aliphatic carbocycles. The Morgan fingerprint density at radius 3 is 2.77 bits per heavy atom. The van der Waals surface area contributed by atoms with Gasteiger partial charge in [0.2, 0.25) is 0 Å². The van der Waals surface area contributed by atoms with Gasteiger partial charge in [0.05, 0.1) is 21.6 Å². The molecule has 0 aliphatic rings. The second kappa shape index (κ2) is 5.92. The molecule has 7 nitrogen and oxygen atoms in total. The first kappa shape index (κ1) is 16.2. The molecule has 0 saturated heterocycles. The van der Waals surface area contributed by atoms with Crippen LogP contribution in [-0.4, -0.2) is 14.3 Å². The minimum absolute atomic E-state index is 0.133. The van der Waals surface area contributed by atoms with Gasteiger partial charge in [0.1, 0.15) is 10.7 Å². The van der Waals surface area contributed by atoms with Crippen molar-refractivity contribution in [3.63, 3.8) is 0 Å². The summed E-state index contributed by atoms with van der Waals surface area (Å²) in [4.78, 5) is 27.9. The highest BCUT2D eigenvalue weighted by molar-refractivity contribution is 7.15. The number of nitrogens with zero attached hydrogens (tertiary/aromatic N) is 3. The summed E-state index contributed by atoms with van der Waals surface area (Å²) in [5.74, 6) is 0.0270. The fourth-order valence-electron chi connectivity index (χ4n) is 2.69. The molecule has 0 saturated carbocycles. The van der Waals surface area contributed by atoms with Crippen molar-refractivity contribution in [2.24, 2.45) is 0 Å². The van der Waals surface area contributed by atoms with Crippen molar-refractivity contribution in [2.75, 3.05) is 0 Å². The van der Waals surface area contributed by atoms with Gasteiger partial charge in [-0.15, -0.1) is 0 Å². The Labute approximate surface area is 150 Å². The lowest BCUT2D eigenvalue weighted by atomic mass is 10.1. The summed E-state index contributed by atoms with van der Waals surface area (Å²) in [6.07, 6.45) is 4.86. The lowest BCUT2D eigenvalue weighted by Gasteiger charge is -1.98. The molecule has 0 atom stereocenters. The van der Waals surface area contributed by atoms with E-state index in [1.54, 1.807) is 22.6 Å². The number of benzene rings is 1. The van der Waals surface area contributed by atoms with E-state index in [4.69, 9.17) is 4.42 Å². The highest BCUT2D eigenvalue weighted by Crippen LogP contribution is 2.20. The number of fused-ring (bicyclic) bond motifs is 3. The molecule has 0 radical (unpaired) electrons. The molecular formula is C18H13N3O4S. The SMILES string of the molecule is Cc1cc2nc3s/c(=C/C=C/c4ccc([N+](=O)[O-])o4)c(=O)n3c2cc1C. The Bertz CT molecular complexity index is 1310. The van der Waals surface area contributed by atoms with Gasteiger partial charge in [0.25, 0.3) is 5.56 Å². The van der Waals surface area contributed by atoms with Gasteiger partial charge in [-0.3, -0.25) is 14.9 Å². The lowest BCUT2D eigenvalue weighted by Crippen LogP contribution is -2.22. The summed E-state index contributed by atoms with van der Waals surface area (Å²) >= 11 is 1.30. The number of nitro groups is 1. The normalized spacial score (nSPS) is 12.8. The minimum Gasteiger partial charge on any atom is -0.401 e. The third kappa shape index (κ3) is 2.60. The van der Waals surface area contributed by atoms with Gasteiger partial charge in [-0.1, -0.05) is 17.4 Å². The summed E-state index contributed by atoms with van der Waals surface area (Å²) in [5, 5.41) is 10.6. The lowest BCUT2D eigenvalue weighted by molar-refractivity contribution is -0.402. The molecule has 0 unspecified atom stereocenters. The zero-order valence-electron chi connectivity index (χ0n) is 13.9. The van der Waals surface area contributed by atoms with Gasteiger partial charge < -0.3 is 4.42 Å². The van der Waals surface area contributed by atoms with Crippen LogP contribution in [0, 0.1) is 24.0 Å². The zero-order valence-corrected chi connectivity index (χ0v) is 14.7. The van der Waals surface area contributed by atoms with Crippen molar-refractivity contribution in [1.82, 2.24) is 9.38 Å². The fraction of sp³-hybridized carbons (Fsp3) is 0.111. The van der Waals surface area contributed by atoms with Crippen molar-refractivity contribution >= 4 is 45.4 Å². The highest BCUT2D eigenvalue weighted by Gasteiger charge is 2.12. The van der Waals surface area contributed by atoms with Gasteiger partial charge in [-0.25, -0.2) is 9.38 Å². The number of thiazole rings is 1. The van der Waals surface area contributed by atoms with Crippen LogP contribution in [0.2, 0.25) is 0 Å². The summed E-state index contributed by atoms with van der Waals surface area (Å²) in [6.45, 7) is 4.02. The van der Waals surface area contributed by atoms with Crippen LogP contribution >= 0.6 is 11.3 Å². The highest BCUT2D eigenvalue weighted by atomic mass is 32.1. The molecule has 3 heterocycles. The Hall–Kier alpha value is -3.26. The molecule has 1 aromatic carbocycles. The van der Waals surface area contributed by atoms with E-state index >= 15 is 0 Å². The predicted octanol–water partition coefficient (Wildman–Crippen LogP) is 3.24. The molecule has 0 N–H and O–H groups in total. The Kier molecular flexibility index (Phi) is 3.69. The van der Waals surface area contributed by atoms with E-state index in [9.17, 15) is 14.9 Å². The van der Waals surface area contributed by atoms with E-state index in [1.807, 2.05) is 26.0 Å². The van der Waals surface area contributed by atoms with E-state index < -0.39 is 4.92 Å². The Morgan fingerprint density at radius 1 is 1.27 bits per heavy atom. The molecule has 3 aromatic heterocycles. The van der Waals surface area contributed by atoms with Crippen LogP contribution in [0.15, 0.2) is 39.6 Å². The number of hydrogen-bond donors (Lipinski definition) is 0. The first-order chi connectivity index (χ1) is 12.4. The number of aromatic nitrogens is 2. The summed E-state index contributed by atoms with van der Waals surface area (Å²) in [5.41, 5.74) is 3.72. The van der Waals surface area contributed by atoms with Crippen LogP contribution in [0.3, 0.4) is 0 Å². The van der Waals surface area contributed by atoms with E-state index in [2.05, 4.69) is 4.98 Å². The van der Waals surface area contributed by atoms with Crippen LogP contribution in [0.1, 0.15) is 16.9 Å². The molecule has 0 bridgehead atoms. The van der Waals surface area contributed by atoms with Gasteiger partial charge in [-0.05, 0) is 55.3 Å². The number of aryl methyl sites for hydroxylation is 2. The maximum absolute atomic E-state index is 12.7. The molecule has 26 heavy (non-hydrogen) atoms. The molecule has 0 spiro atoms. The number of allylic oxidation sites excluding steroid dienone is 1. The van der Waals surface area contributed by atoms with Crippen molar-refractivity contribution in [2.45, 2.75) is 13.8 Å². The third-order valence-electron chi connectivity index (χ3n) is 4.15. The number of rotatable bonds is 3. The molecular weight excluding hydrogens is 354 g/mol. The standard InChI is InChI=1S/C18H13N3O4S/c1-10-8-13-14(9-11(10)2)20-17(22)15(26-18(20)19-13)5-3-4-12-6-7-16(25-12)21(23)24/h3-9H,1-2H3/b4-3+,15-5+. The molecule has 0 amide bonds. The molecule has 4 aromatic rings. The van der Waals surface area contributed by atoms with E-state index in [0.29, 0.717) is 15.3 Å². The van der Waals surface area contributed by atoms with Crippen LogP contribution < -0.4 is 10.1 Å². The topological polar surface area (TPSA) is 90.7 Å². The number of imidazole rings is 1. The number of hydrogen-bond acceptors (Lipinski definition) is 6. The van der Waals surface area contributed by atoms with E-state index in [1.165, 1.54) is 23.5 Å². The number of furan rings is 1. The zero-order chi connectivity index (χ0) is 18.4. The van der Waals surface area contributed by atoms with Crippen molar-refractivity contribution in [3.8, 4) is 0 Å². The Balaban J connectivity index is 1.76. The van der Waals surface area contributed by atoms with Crippen LogP contribution in [0.4, 0.5) is 5.88 Å². The smallest absolute Gasteiger partial charge is 0.401 e. The second-order valence-corrected chi connectivity index (χ2v) is 6.89. The van der Waals surface area contributed by atoms with Crippen molar-refractivity contribution in [1.29, 1.82) is 0 Å². The fourth-order valence-corrected chi connectivity index (χ4v) is 3.63. The summed E-state index contributed by atoms with van der Waals surface area (Å²) in [6, 6.07) is 6.74. The first-order valence-electron chi connectivity index (χ1n) is 7.79. The van der Waals surface area contributed by atoms with Gasteiger partial charge in [0, 0.05) is 0 Å². The maximum Gasteiger partial charge on any atom is 0.433 e. The van der Waals surface area contributed by atoms with Crippen LogP contribution in [0.25, 0.3) is 28.1 Å². The Morgan fingerprint density at radius 2 is 2.04 bits per heavy atom. The monoisotopic (exact) mass is 367 g/mol. The summed E-state index contributed by atoms with van der Waals surface area (Å²) < 4.78 is 7.19. The third-order valence-corrected chi connectivity index (χ3v) is 5.14. The second-order valence-electron chi connectivity index (χ2n) is 5.89. The molecule has 0 aliphatic heterocycles. The van der Waals surface area contributed by atoms with Crippen molar-refractivity contribution in [3.05, 3.63) is 72.2 Å². The molecule has 8 heteroatoms. The quantitative estimate of drug-likeness (QED) is 0.409. The minimum atomic E-state index is -0.597. The molecule has 4 rings (SSSR count). The molecule has 130 valence electrons. The van der Waals surface area contributed by atoms with Crippen LogP contribution in [0.5, 0.6) is 0 Å². The van der Waals surface area contributed by atoms with E-state index in [-0.39, 0.29) is 11.4 Å². The average molecular weight is 367 g/mol. The maximum atomic E-state index is 12.7. The van der Waals surface area contributed by atoms with Gasteiger partial charge >= 0.3 is 5.88 Å². The van der Waals surface area contributed by atoms with Crippen molar-refractivity contribution < 1.29 is 9.34 Å². The summed E-state index contributed by atoms with van der Waals surface area (Å²) in [7, 11) is 0. The molecule has 0 fully saturated rings. The predicted molar refractivity (Wildman–Crippen MR) is 100 cm³/mol. The van der Waals surface area contributed by atoms with Gasteiger partial charge in [0.15, 0.2) is 4.96 Å². The largest absolute Gasteiger partial charge is 0.433 e. The van der Waals surface area contributed by atoms with E-state index in [0.717, 1.165) is 22.2 Å². The average Bonchev–Trinajstić information content (AvgIpc) is 3.25.